The van der Waals surface area contributed by atoms with Crippen LogP contribution < -0.4 is 5.32 Å². The molecule has 136 valence electrons. The second-order valence-corrected chi connectivity index (χ2v) is 7.67. The standard InChI is InChI=1S/C18H24BClFNO3/c1-11-15(21)8-7-13(16(11)20)9-14(10-22-12(2)23)19-24-17(3,4)18(5,6)25-19/h7-9H,10H2,1-6H3,(H,22,23). The molecule has 0 atom stereocenters. The monoisotopic (exact) mass is 367 g/mol. The van der Waals surface area contributed by atoms with Crippen LogP contribution in [-0.4, -0.2) is 30.8 Å². The average Bonchev–Trinajstić information content (AvgIpc) is 2.71. The minimum Gasteiger partial charge on any atom is -0.400 e. The van der Waals surface area contributed by atoms with Crippen LogP contribution in [0.3, 0.4) is 0 Å². The summed E-state index contributed by atoms with van der Waals surface area (Å²) in [5.41, 5.74) is 0.728. The van der Waals surface area contributed by atoms with Crippen molar-refractivity contribution >= 4 is 30.7 Å². The maximum absolute atomic E-state index is 13.6. The molecule has 1 amide bonds. The Morgan fingerprint density at radius 1 is 1.28 bits per heavy atom. The number of carbonyl (C=O) groups excluding carboxylic acids is 1. The molecule has 1 aliphatic rings. The average molecular weight is 368 g/mol. The molecule has 1 aromatic carbocycles. The summed E-state index contributed by atoms with van der Waals surface area (Å²) in [5.74, 6) is -0.523. The Kier molecular flexibility index (Phi) is 5.67. The van der Waals surface area contributed by atoms with Gasteiger partial charge in [0.1, 0.15) is 5.82 Å². The minimum atomic E-state index is -0.627. The van der Waals surface area contributed by atoms with E-state index in [0.717, 1.165) is 0 Å². The highest BCUT2D eigenvalue weighted by atomic mass is 35.5. The number of benzene rings is 1. The van der Waals surface area contributed by atoms with Crippen molar-refractivity contribution in [2.24, 2.45) is 0 Å². The first-order chi connectivity index (χ1) is 11.4. The quantitative estimate of drug-likeness (QED) is 0.820. The second-order valence-electron chi connectivity index (χ2n) is 7.29. The van der Waals surface area contributed by atoms with E-state index in [9.17, 15) is 9.18 Å². The van der Waals surface area contributed by atoms with Crippen LogP contribution in [0.25, 0.3) is 6.08 Å². The summed E-state index contributed by atoms with van der Waals surface area (Å²) in [6, 6.07) is 2.97. The molecular weight excluding hydrogens is 343 g/mol. The zero-order valence-electron chi connectivity index (χ0n) is 15.5. The molecule has 7 heteroatoms. The highest BCUT2D eigenvalue weighted by Crippen LogP contribution is 2.39. The molecule has 25 heavy (non-hydrogen) atoms. The van der Waals surface area contributed by atoms with Gasteiger partial charge in [0.15, 0.2) is 0 Å². The summed E-state index contributed by atoms with van der Waals surface area (Å²) >= 11 is 6.27. The van der Waals surface area contributed by atoms with Gasteiger partial charge in [-0.25, -0.2) is 4.39 Å². The third-order valence-corrected chi connectivity index (χ3v) is 5.29. The Hall–Kier alpha value is -1.37. The van der Waals surface area contributed by atoms with Crippen LogP contribution in [0.5, 0.6) is 0 Å². The van der Waals surface area contributed by atoms with Crippen molar-refractivity contribution in [2.75, 3.05) is 6.54 Å². The molecule has 1 N–H and O–H groups in total. The number of halogens is 2. The fourth-order valence-corrected chi connectivity index (χ4v) is 2.62. The van der Waals surface area contributed by atoms with Gasteiger partial charge >= 0.3 is 7.12 Å². The Bertz CT molecular complexity index is 703. The second kappa shape index (κ2) is 7.10. The number of rotatable bonds is 4. The van der Waals surface area contributed by atoms with Crippen LogP contribution in [0.2, 0.25) is 5.02 Å². The minimum absolute atomic E-state index is 0.163. The first-order valence-corrected chi connectivity index (χ1v) is 8.57. The Balaban J connectivity index is 2.40. The first kappa shape index (κ1) is 20.0. The molecule has 2 rings (SSSR count). The van der Waals surface area contributed by atoms with Gasteiger partial charge in [0.2, 0.25) is 5.91 Å². The number of hydrogen-bond acceptors (Lipinski definition) is 3. The van der Waals surface area contributed by atoms with Gasteiger partial charge in [-0.2, -0.15) is 0 Å². The lowest BCUT2D eigenvalue weighted by molar-refractivity contribution is -0.118. The van der Waals surface area contributed by atoms with Crippen LogP contribution in [0.4, 0.5) is 4.39 Å². The van der Waals surface area contributed by atoms with E-state index < -0.39 is 18.3 Å². The van der Waals surface area contributed by atoms with Crippen molar-refractivity contribution in [1.82, 2.24) is 5.32 Å². The van der Waals surface area contributed by atoms with Crippen molar-refractivity contribution in [2.45, 2.75) is 52.7 Å². The molecular formula is C18H24BClFNO3. The van der Waals surface area contributed by atoms with Crippen molar-refractivity contribution in [3.8, 4) is 0 Å². The summed E-state index contributed by atoms with van der Waals surface area (Å²) in [7, 11) is -0.627. The molecule has 1 aromatic rings. The maximum atomic E-state index is 13.6. The third-order valence-electron chi connectivity index (χ3n) is 4.79. The summed E-state index contributed by atoms with van der Waals surface area (Å²) in [5, 5.41) is 3.09. The summed E-state index contributed by atoms with van der Waals surface area (Å²) in [4.78, 5) is 11.3. The summed E-state index contributed by atoms with van der Waals surface area (Å²) < 4.78 is 25.8. The normalized spacial score (nSPS) is 19.2. The fraction of sp³-hybridized carbons (Fsp3) is 0.500. The molecule has 1 fully saturated rings. The topological polar surface area (TPSA) is 47.6 Å². The van der Waals surface area contributed by atoms with E-state index in [1.165, 1.54) is 13.0 Å². The van der Waals surface area contributed by atoms with E-state index in [1.807, 2.05) is 27.7 Å². The van der Waals surface area contributed by atoms with Crippen molar-refractivity contribution in [3.05, 3.63) is 39.6 Å². The van der Waals surface area contributed by atoms with Gasteiger partial charge in [0.05, 0.1) is 16.2 Å². The van der Waals surface area contributed by atoms with Crippen molar-refractivity contribution in [3.63, 3.8) is 0 Å². The lowest BCUT2D eigenvalue weighted by Gasteiger charge is -2.32. The zero-order valence-corrected chi connectivity index (χ0v) is 16.3. The Morgan fingerprint density at radius 2 is 1.84 bits per heavy atom. The van der Waals surface area contributed by atoms with Crippen molar-refractivity contribution < 1.29 is 18.5 Å². The number of amides is 1. The third kappa shape index (κ3) is 4.25. The van der Waals surface area contributed by atoms with Crippen LogP contribution in [0, 0.1) is 12.7 Å². The van der Waals surface area contributed by atoms with Crippen LogP contribution >= 0.6 is 11.6 Å². The van der Waals surface area contributed by atoms with Gasteiger partial charge in [0.25, 0.3) is 0 Å². The molecule has 0 aromatic heterocycles. The Labute approximate surface area is 153 Å². The molecule has 0 aliphatic carbocycles. The lowest BCUT2D eigenvalue weighted by atomic mass is 9.77. The molecule has 0 unspecified atom stereocenters. The summed E-state index contributed by atoms with van der Waals surface area (Å²) in [6.07, 6.45) is 1.78. The molecule has 0 saturated carbocycles. The first-order valence-electron chi connectivity index (χ1n) is 8.20. The zero-order chi connectivity index (χ0) is 19.0. The molecule has 0 bridgehead atoms. The number of nitrogens with one attached hydrogen (secondary N) is 1. The van der Waals surface area contributed by atoms with Crippen LogP contribution in [0.1, 0.15) is 45.7 Å². The molecule has 0 spiro atoms. The maximum Gasteiger partial charge on any atom is 0.492 e. The van der Waals surface area contributed by atoms with Crippen LogP contribution in [0.15, 0.2) is 17.6 Å². The highest BCUT2D eigenvalue weighted by Gasteiger charge is 2.52. The molecule has 0 radical (unpaired) electrons. The van der Waals surface area contributed by atoms with E-state index in [2.05, 4.69) is 5.32 Å². The van der Waals surface area contributed by atoms with Gasteiger partial charge < -0.3 is 14.6 Å². The number of hydrogen-bond donors (Lipinski definition) is 1. The largest absolute Gasteiger partial charge is 0.492 e. The fourth-order valence-electron chi connectivity index (χ4n) is 2.42. The molecule has 4 nitrogen and oxygen atoms in total. The van der Waals surface area contributed by atoms with E-state index in [-0.39, 0.29) is 18.3 Å². The molecule has 1 aliphatic heterocycles. The van der Waals surface area contributed by atoms with Gasteiger partial charge in [-0.3, -0.25) is 4.79 Å². The smallest absolute Gasteiger partial charge is 0.400 e. The van der Waals surface area contributed by atoms with Gasteiger partial charge in [-0.15, -0.1) is 0 Å². The predicted molar refractivity (Wildman–Crippen MR) is 98.9 cm³/mol. The van der Waals surface area contributed by atoms with Gasteiger partial charge in [-0.1, -0.05) is 23.7 Å². The van der Waals surface area contributed by atoms with E-state index in [4.69, 9.17) is 20.9 Å². The molecule has 1 heterocycles. The number of carbonyl (C=O) groups is 1. The molecule has 1 saturated heterocycles. The van der Waals surface area contributed by atoms with Crippen molar-refractivity contribution in [1.29, 1.82) is 0 Å². The van der Waals surface area contributed by atoms with E-state index in [1.54, 1.807) is 19.1 Å². The van der Waals surface area contributed by atoms with E-state index in [0.29, 0.717) is 21.6 Å². The predicted octanol–water partition coefficient (Wildman–Crippen LogP) is 3.94. The van der Waals surface area contributed by atoms with E-state index >= 15 is 0 Å². The Morgan fingerprint density at radius 3 is 2.36 bits per heavy atom. The SMILES string of the molecule is CC(=O)NCC(=Cc1ccc(F)c(C)c1Cl)B1OC(C)(C)C(C)(C)O1. The van der Waals surface area contributed by atoms with Crippen LogP contribution in [-0.2, 0) is 14.1 Å². The highest BCUT2D eigenvalue weighted by molar-refractivity contribution is 6.56. The van der Waals surface area contributed by atoms with Gasteiger partial charge in [-0.05, 0) is 51.7 Å². The summed E-state index contributed by atoms with van der Waals surface area (Å²) in [6.45, 7) is 11.1. The lowest BCUT2D eigenvalue weighted by Crippen LogP contribution is -2.41. The van der Waals surface area contributed by atoms with Gasteiger partial charge in [0, 0.05) is 19.0 Å².